The molecule has 2 nitrogen and oxygen atoms in total. The lowest BCUT2D eigenvalue weighted by Crippen LogP contribution is -2.30. The molecule has 174 valence electrons. The second-order valence-electron chi connectivity index (χ2n) is 10.8. The van der Waals surface area contributed by atoms with Crippen molar-refractivity contribution in [2.24, 2.45) is 11.3 Å². The Morgan fingerprint density at radius 3 is 1.88 bits per heavy atom. The molecule has 0 aromatic heterocycles. The van der Waals surface area contributed by atoms with Crippen molar-refractivity contribution in [3.8, 4) is 0 Å². The van der Waals surface area contributed by atoms with E-state index in [1.165, 1.54) is 36.8 Å². The first kappa shape index (κ1) is 24.9. The summed E-state index contributed by atoms with van der Waals surface area (Å²) < 4.78 is 12.7. The molecule has 0 amide bonds. The molecule has 0 radical (unpaired) electrons. The summed E-state index contributed by atoms with van der Waals surface area (Å²) in [6.07, 6.45) is 6.17. The van der Waals surface area contributed by atoms with Gasteiger partial charge in [0.2, 0.25) is 0 Å². The molecule has 3 rings (SSSR count). The molecule has 32 heavy (non-hydrogen) atoms. The zero-order valence-corrected chi connectivity index (χ0v) is 21.6. The Morgan fingerprint density at radius 1 is 0.875 bits per heavy atom. The van der Waals surface area contributed by atoms with Crippen LogP contribution in [0.2, 0.25) is 19.6 Å². The molecule has 1 atom stereocenters. The lowest BCUT2D eigenvalue weighted by Gasteiger charge is -2.29. The third-order valence-electron chi connectivity index (χ3n) is 6.35. The summed E-state index contributed by atoms with van der Waals surface area (Å²) in [7, 11) is -1.28. The van der Waals surface area contributed by atoms with Gasteiger partial charge in [-0.1, -0.05) is 111 Å². The van der Waals surface area contributed by atoms with Crippen molar-refractivity contribution < 1.29 is 9.47 Å². The molecule has 1 aliphatic rings. The standard InChI is InChI=1S/C29H42O2Si/c1-5-6-17-27-18-29(19-28(27)22-32(2,3)4,23-30-20-25-13-9-7-10-14-25)24-31-21-26-15-11-8-12-16-26/h7-16,22,27H,5-6,17-21,23-24H2,1-4H3/b28-22-/t27-/m0/s1. The average molecular weight is 451 g/mol. The number of hydrogen-bond donors (Lipinski definition) is 0. The van der Waals surface area contributed by atoms with Gasteiger partial charge in [0.1, 0.15) is 0 Å². The number of ether oxygens (including phenoxy) is 2. The Bertz CT molecular complexity index is 778. The average Bonchev–Trinajstić information content (AvgIpc) is 3.09. The molecule has 0 saturated heterocycles. The fraction of sp³-hybridized carbons (Fsp3) is 0.517. The topological polar surface area (TPSA) is 18.5 Å². The van der Waals surface area contributed by atoms with Gasteiger partial charge in [-0.05, 0) is 36.3 Å². The minimum absolute atomic E-state index is 0.0768. The number of unbranched alkanes of at least 4 members (excludes halogenated alkanes) is 1. The van der Waals surface area contributed by atoms with Crippen LogP contribution in [-0.2, 0) is 22.7 Å². The number of allylic oxidation sites excluding steroid dienone is 1. The Balaban J connectivity index is 1.72. The highest BCUT2D eigenvalue weighted by atomic mass is 28.3. The summed E-state index contributed by atoms with van der Waals surface area (Å²) in [6.45, 7) is 12.5. The Hall–Kier alpha value is -1.68. The lowest BCUT2D eigenvalue weighted by atomic mass is 9.86. The van der Waals surface area contributed by atoms with E-state index in [0.29, 0.717) is 19.1 Å². The molecule has 0 unspecified atom stereocenters. The van der Waals surface area contributed by atoms with Crippen molar-refractivity contribution in [2.45, 2.75) is 71.9 Å². The first-order valence-electron chi connectivity index (χ1n) is 12.3. The molecule has 0 spiro atoms. The molecule has 0 heterocycles. The van der Waals surface area contributed by atoms with E-state index in [-0.39, 0.29) is 5.41 Å². The normalized spacial score (nSPS) is 19.5. The zero-order chi connectivity index (χ0) is 22.9. The van der Waals surface area contributed by atoms with Gasteiger partial charge >= 0.3 is 0 Å². The minimum atomic E-state index is -1.28. The smallest absolute Gasteiger partial charge is 0.0717 e. The fourth-order valence-corrected chi connectivity index (χ4v) is 6.40. The van der Waals surface area contributed by atoms with Gasteiger partial charge in [-0.25, -0.2) is 0 Å². The highest BCUT2D eigenvalue weighted by Crippen LogP contribution is 2.48. The number of rotatable bonds is 12. The molecular formula is C29H42O2Si. The quantitative estimate of drug-likeness (QED) is 0.307. The van der Waals surface area contributed by atoms with Crippen LogP contribution < -0.4 is 0 Å². The van der Waals surface area contributed by atoms with E-state index in [9.17, 15) is 0 Å². The zero-order valence-electron chi connectivity index (χ0n) is 20.6. The predicted octanol–water partition coefficient (Wildman–Crippen LogP) is 7.81. The minimum Gasteiger partial charge on any atom is -0.376 e. The molecule has 0 bridgehead atoms. The maximum atomic E-state index is 6.35. The van der Waals surface area contributed by atoms with E-state index < -0.39 is 8.07 Å². The summed E-state index contributed by atoms with van der Waals surface area (Å²) in [5.41, 5.74) is 6.92. The Kier molecular flexibility index (Phi) is 9.33. The number of benzene rings is 2. The first-order chi connectivity index (χ1) is 15.4. The van der Waals surface area contributed by atoms with Gasteiger partial charge in [-0.15, -0.1) is 0 Å². The van der Waals surface area contributed by atoms with Crippen LogP contribution in [0.1, 0.15) is 50.2 Å². The predicted molar refractivity (Wildman–Crippen MR) is 138 cm³/mol. The van der Waals surface area contributed by atoms with E-state index in [4.69, 9.17) is 9.47 Å². The largest absolute Gasteiger partial charge is 0.376 e. The van der Waals surface area contributed by atoms with Gasteiger partial charge < -0.3 is 9.47 Å². The summed E-state index contributed by atoms with van der Waals surface area (Å²) in [5.74, 6) is 0.683. The van der Waals surface area contributed by atoms with Crippen molar-refractivity contribution in [1.82, 2.24) is 0 Å². The van der Waals surface area contributed by atoms with E-state index in [1.807, 2.05) is 0 Å². The maximum Gasteiger partial charge on any atom is 0.0717 e. The van der Waals surface area contributed by atoms with Gasteiger partial charge in [-0.3, -0.25) is 0 Å². The van der Waals surface area contributed by atoms with E-state index >= 15 is 0 Å². The van der Waals surface area contributed by atoms with E-state index in [1.54, 1.807) is 5.57 Å². The second-order valence-corrected chi connectivity index (χ2v) is 15.8. The lowest BCUT2D eigenvalue weighted by molar-refractivity contribution is -0.0310. The number of hydrogen-bond acceptors (Lipinski definition) is 2. The molecule has 1 aliphatic carbocycles. The van der Waals surface area contributed by atoms with Gasteiger partial charge in [0, 0.05) is 5.41 Å². The Labute approximate surface area is 197 Å². The van der Waals surface area contributed by atoms with E-state index in [2.05, 4.69) is 92.9 Å². The summed E-state index contributed by atoms with van der Waals surface area (Å²) in [6, 6.07) is 21.1. The van der Waals surface area contributed by atoms with Crippen molar-refractivity contribution in [3.63, 3.8) is 0 Å². The third-order valence-corrected chi connectivity index (χ3v) is 7.58. The van der Waals surface area contributed by atoms with E-state index in [0.717, 1.165) is 19.6 Å². The summed E-state index contributed by atoms with van der Waals surface area (Å²) in [4.78, 5) is 0. The molecule has 1 saturated carbocycles. The highest BCUT2D eigenvalue weighted by molar-refractivity contribution is 6.81. The molecule has 2 aromatic rings. The van der Waals surface area contributed by atoms with Crippen LogP contribution in [0, 0.1) is 11.3 Å². The Morgan fingerprint density at radius 2 is 1.41 bits per heavy atom. The highest BCUT2D eigenvalue weighted by Gasteiger charge is 2.42. The van der Waals surface area contributed by atoms with Gasteiger partial charge in [-0.2, -0.15) is 0 Å². The van der Waals surface area contributed by atoms with Crippen molar-refractivity contribution in [3.05, 3.63) is 83.1 Å². The first-order valence-corrected chi connectivity index (χ1v) is 15.9. The van der Waals surface area contributed by atoms with Crippen molar-refractivity contribution in [2.75, 3.05) is 13.2 Å². The molecule has 2 aromatic carbocycles. The van der Waals surface area contributed by atoms with Crippen LogP contribution in [0.25, 0.3) is 0 Å². The van der Waals surface area contributed by atoms with Gasteiger partial charge in [0.05, 0.1) is 34.5 Å². The monoisotopic (exact) mass is 450 g/mol. The fourth-order valence-electron chi connectivity index (χ4n) is 4.95. The maximum absolute atomic E-state index is 6.35. The van der Waals surface area contributed by atoms with Crippen molar-refractivity contribution >= 4 is 8.07 Å². The van der Waals surface area contributed by atoms with Crippen LogP contribution in [-0.4, -0.2) is 21.3 Å². The van der Waals surface area contributed by atoms with Crippen LogP contribution in [0.15, 0.2) is 71.9 Å². The van der Waals surface area contributed by atoms with Crippen molar-refractivity contribution in [1.29, 1.82) is 0 Å². The SMILES string of the molecule is CCCC[C@H]1CC(COCc2ccccc2)(COCc2ccccc2)C/C1=C/[Si](C)(C)C. The summed E-state index contributed by atoms with van der Waals surface area (Å²) >= 11 is 0. The van der Waals surface area contributed by atoms with Crippen LogP contribution in [0.4, 0.5) is 0 Å². The molecular weight excluding hydrogens is 408 g/mol. The summed E-state index contributed by atoms with van der Waals surface area (Å²) in [5, 5.41) is 0. The van der Waals surface area contributed by atoms with Crippen LogP contribution in [0.5, 0.6) is 0 Å². The third kappa shape index (κ3) is 8.02. The molecule has 3 heteroatoms. The molecule has 0 N–H and O–H groups in total. The molecule has 0 aliphatic heterocycles. The van der Waals surface area contributed by atoms with Gasteiger partial charge in [0.15, 0.2) is 0 Å². The second kappa shape index (κ2) is 12.0. The molecule has 1 fully saturated rings. The van der Waals surface area contributed by atoms with Crippen LogP contribution >= 0.6 is 0 Å². The van der Waals surface area contributed by atoms with Gasteiger partial charge in [0.25, 0.3) is 0 Å². The van der Waals surface area contributed by atoms with Crippen LogP contribution in [0.3, 0.4) is 0 Å².